The van der Waals surface area contributed by atoms with Crippen LogP contribution >= 0.6 is 0 Å². The summed E-state index contributed by atoms with van der Waals surface area (Å²) in [4.78, 5) is 39.5. The van der Waals surface area contributed by atoms with Gasteiger partial charge in [0.2, 0.25) is 0 Å². The molecule has 1 N–H and O–H groups in total. The Morgan fingerprint density at radius 2 is 1.82 bits per heavy atom. The van der Waals surface area contributed by atoms with E-state index in [-0.39, 0.29) is 17.8 Å². The van der Waals surface area contributed by atoms with Gasteiger partial charge in [0.25, 0.3) is 0 Å². The van der Waals surface area contributed by atoms with E-state index in [0.717, 1.165) is 0 Å². The minimum Gasteiger partial charge on any atom is -0.493 e. The first-order valence-corrected chi connectivity index (χ1v) is 10.9. The third-order valence-corrected chi connectivity index (χ3v) is 6.05. The normalized spacial score (nSPS) is 22.5. The highest BCUT2D eigenvalue weighted by molar-refractivity contribution is 6.12. The number of hydrogen-bond acceptors (Lipinski definition) is 8. The van der Waals surface area contributed by atoms with Crippen LogP contribution < -0.4 is 14.8 Å². The minimum absolute atomic E-state index is 0.263. The highest BCUT2D eigenvalue weighted by atomic mass is 16.5. The van der Waals surface area contributed by atoms with Crippen LogP contribution in [0.1, 0.15) is 45.6 Å². The molecule has 0 saturated heterocycles. The van der Waals surface area contributed by atoms with Crippen molar-refractivity contribution >= 4 is 17.7 Å². The first kappa shape index (κ1) is 24.4. The molecular weight excluding hydrogens is 426 g/mol. The summed E-state index contributed by atoms with van der Waals surface area (Å²) in [6.45, 7) is 7.14. The Hall–Kier alpha value is -3.29. The Bertz CT molecular complexity index is 1040. The van der Waals surface area contributed by atoms with Gasteiger partial charge in [0.05, 0.1) is 38.9 Å². The summed E-state index contributed by atoms with van der Waals surface area (Å²) < 4.78 is 21.6. The number of ketones is 1. The van der Waals surface area contributed by atoms with Crippen LogP contribution in [-0.2, 0) is 23.9 Å². The van der Waals surface area contributed by atoms with Crippen molar-refractivity contribution in [1.82, 2.24) is 5.32 Å². The summed E-state index contributed by atoms with van der Waals surface area (Å²) >= 11 is 0. The molecule has 0 aromatic heterocycles. The zero-order chi connectivity index (χ0) is 24.4. The van der Waals surface area contributed by atoms with Crippen molar-refractivity contribution in [2.75, 3.05) is 21.3 Å². The predicted octanol–water partition coefficient (Wildman–Crippen LogP) is 3.27. The molecule has 0 unspecified atom stereocenters. The van der Waals surface area contributed by atoms with Gasteiger partial charge in [0.1, 0.15) is 5.92 Å². The standard InChI is InChI=1S/C25H31NO7/c1-12(2)33-25(29)19-14(4)26-16-11-13(3)18(24(28)32-7)22(27)21(16)20(19)15-9-8-10-17(30-5)23(15)31-6/h8-10,12-13,18,20,26H,11H2,1-7H3/t13-,18+,20-/m0/s1. The van der Waals surface area contributed by atoms with Crippen LogP contribution in [0.5, 0.6) is 11.5 Å². The lowest BCUT2D eigenvalue weighted by atomic mass is 9.69. The number of ether oxygens (including phenoxy) is 4. The van der Waals surface area contributed by atoms with Crippen molar-refractivity contribution in [2.45, 2.75) is 46.1 Å². The van der Waals surface area contributed by atoms with Gasteiger partial charge in [-0.05, 0) is 39.2 Å². The molecule has 0 fully saturated rings. The molecular formula is C25H31NO7. The zero-order valence-electron chi connectivity index (χ0n) is 20.1. The SMILES string of the molecule is COC(=O)[C@H]1C(=O)C2=C(C[C@@H]1C)NC(C)=C(C(=O)OC(C)C)[C@@H]2c1cccc(OC)c1OC. The van der Waals surface area contributed by atoms with Gasteiger partial charge in [-0.25, -0.2) is 4.79 Å². The largest absolute Gasteiger partial charge is 0.493 e. The van der Waals surface area contributed by atoms with E-state index in [9.17, 15) is 14.4 Å². The molecule has 3 rings (SSSR count). The molecule has 1 heterocycles. The van der Waals surface area contributed by atoms with Crippen molar-refractivity contribution in [2.24, 2.45) is 11.8 Å². The fourth-order valence-electron chi connectivity index (χ4n) is 4.68. The number of esters is 2. The van der Waals surface area contributed by atoms with Gasteiger partial charge in [-0.15, -0.1) is 0 Å². The molecule has 0 amide bonds. The second kappa shape index (κ2) is 9.68. The number of nitrogens with one attached hydrogen (secondary N) is 1. The maximum Gasteiger partial charge on any atom is 0.337 e. The van der Waals surface area contributed by atoms with E-state index in [1.54, 1.807) is 39.0 Å². The molecule has 8 nitrogen and oxygen atoms in total. The Labute approximate surface area is 193 Å². The first-order chi connectivity index (χ1) is 15.7. The van der Waals surface area contributed by atoms with Crippen LogP contribution in [0.15, 0.2) is 40.7 Å². The zero-order valence-corrected chi connectivity index (χ0v) is 20.1. The van der Waals surface area contributed by atoms with Gasteiger partial charge in [-0.1, -0.05) is 19.1 Å². The molecule has 3 atom stereocenters. The molecule has 0 spiro atoms. The Kier molecular flexibility index (Phi) is 7.15. The molecule has 2 aliphatic rings. The Balaban J connectivity index is 2.28. The lowest BCUT2D eigenvalue weighted by Gasteiger charge is -2.38. The number of carbonyl (C=O) groups is 3. The molecule has 178 valence electrons. The summed E-state index contributed by atoms with van der Waals surface area (Å²) in [7, 11) is 4.29. The highest BCUT2D eigenvalue weighted by Gasteiger charge is 2.48. The Morgan fingerprint density at radius 3 is 2.39 bits per heavy atom. The maximum absolute atomic E-state index is 13.8. The summed E-state index contributed by atoms with van der Waals surface area (Å²) in [6, 6.07) is 5.30. The number of dihydropyridines is 1. The van der Waals surface area contributed by atoms with E-state index in [0.29, 0.717) is 46.0 Å². The van der Waals surface area contributed by atoms with Crippen LogP contribution in [0.4, 0.5) is 0 Å². The highest BCUT2D eigenvalue weighted by Crippen LogP contribution is 2.49. The van der Waals surface area contributed by atoms with Gasteiger partial charge < -0.3 is 24.3 Å². The molecule has 8 heteroatoms. The van der Waals surface area contributed by atoms with Crippen LogP contribution in [0, 0.1) is 11.8 Å². The molecule has 1 aliphatic carbocycles. The number of allylic oxidation sites excluding steroid dienone is 3. The number of para-hydroxylation sites is 1. The van der Waals surface area contributed by atoms with E-state index in [1.807, 2.05) is 6.92 Å². The minimum atomic E-state index is -0.963. The second-order valence-electron chi connectivity index (χ2n) is 8.57. The first-order valence-electron chi connectivity index (χ1n) is 10.9. The fraction of sp³-hybridized carbons (Fsp3) is 0.480. The number of rotatable bonds is 6. The molecule has 0 saturated carbocycles. The van der Waals surface area contributed by atoms with Gasteiger partial charge in [-0.3, -0.25) is 9.59 Å². The lowest BCUT2D eigenvalue weighted by molar-refractivity contribution is -0.151. The smallest absolute Gasteiger partial charge is 0.337 e. The molecule has 1 aromatic rings. The number of hydrogen-bond donors (Lipinski definition) is 1. The van der Waals surface area contributed by atoms with E-state index < -0.39 is 23.8 Å². The third kappa shape index (κ3) is 4.34. The van der Waals surface area contributed by atoms with Gasteiger partial charge >= 0.3 is 11.9 Å². The second-order valence-corrected chi connectivity index (χ2v) is 8.57. The number of Topliss-reactive ketones (excluding diaryl/α,β-unsaturated/α-hetero) is 1. The van der Waals surface area contributed by atoms with Crippen LogP contribution in [-0.4, -0.2) is 45.2 Å². The number of carbonyl (C=O) groups excluding carboxylic acids is 3. The number of benzene rings is 1. The maximum atomic E-state index is 13.8. The summed E-state index contributed by atoms with van der Waals surface area (Å²) in [5.41, 5.74) is 2.48. The number of methoxy groups -OCH3 is 3. The van der Waals surface area contributed by atoms with Crippen LogP contribution in [0.25, 0.3) is 0 Å². The van der Waals surface area contributed by atoms with Crippen molar-refractivity contribution in [3.63, 3.8) is 0 Å². The summed E-state index contributed by atoms with van der Waals surface area (Å²) in [6.07, 6.45) is 0.0962. The average Bonchev–Trinajstić information content (AvgIpc) is 2.76. The van der Waals surface area contributed by atoms with Crippen molar-refractivity contribution in [1.29, 1.82) is 0 Å². The topological polar surface area (TPSA) is 100 Å². The quantitative estimate of drug-likeness (QED) is 0.513. The Morgan fingerprint density at radius 1 is 1.12 bits per heavy atom. The molecule has 0 bridgehead atoms. The molecule has 1 aromatic carbocycles. The van der Waals surface area contributed by atoms with E-state index in [1.165, 1.54) is 21.3 Å². The summed E-state index contributed by atoms with van der Waals surface area (Å²) in [5, 5.41) is 3.24. The fourth-order valence-corrected chi connectivity index (χ4v) is 4.68. The van der Waals surface area contributed by atoms with Crippen LogP contribution in [0.3, 0.4) is 0 Å². The lowest BCUT2D eigenvalue weighted by Crippen LogP contribution is -2.43. The predicted molar refractivity (Wildman–Crippen MR) is 121 cm³/mol. The molecule has 0 radical (unpaired) electrons. The van der Waals surface area contributed by atoms with E-state index >= 15 is 0 Å². The molecule has 33 heavy (non-hydrogen) atoms. The van der Waals surface area contributed by atoms with Crippen molar-refractivity contribution < 1.29 is 33.3 Å². The van der Waals surface area contributed by atoms with E-state index in [4.69, 9.17) is 18.9 Å². The van der Waals surface area contributed by atoms with Crippen molar-refractivity contribution in [3.8, 4) is 11.5 Å². The average molecular weight is 458 g/mol. The van der Waals surface area contributed by atoms with Gasteiger partial charge in [0.15, 0.2) is 17.3 Å². The van der Waals surface area contributed by atoms with E-state index in [2.05, 4.69) is 5.32 Å². The van der Waals surface area contributed by atoms with Gasteiger partial charge in [-0.2, -0.15) is 0 Å². The monoisotopic (exact) mass is 457 g/mol. The van der Waals surface area contributed by atoms with Gasteiger partial charge in [0, 0.05) is 22.5 Å². The van der Waals surface area contributed by atoms with Crippen LogP contribution in [0.2, 0.25) is 0 Å². The molecule has 1 aliphatic heterocycles. The van der Waals surface area contributed by atoms with Crippen molar-refractivity contribution in [3.05, 3.63) is 46.3 Å². The summed E-state index contributed by atoms with van der Waals surface area (Å²) in [5.74, 6) is -2.67. The third-order valence-electron chi connectivity index (χ3n) is 6.05.